The topological polar surface area (TPSA) is 84.3 Å². The fraction of sp³-hybridized carbons (Fsp3) is 0.316. The molecule has 6 nitrogen and oxygen atoms in total. The van der Waals surface area contributed by atoms with Gasteiger partial charge in [0.15, 0.2) is 0 Å². The first-order valence-electron chi connectivity index (χ1n) is 8.42. The number of thiophene rings is 1. The molecule has 1 unspecified atom stereocenters. The Bertz CT molecular complexity index is 925. The predicted octanol–water partition coefficient (Wildman–Crippen LogP) is 3.63. The number of hydrogen-bond donors (Lipinski definition) is 2. The Morgan fingerprint density at radius 3 is 2.65 bits per heavy atom. The predicted molar refractivity (Wildman–Crippen MR) is 103 cm³/mol. The number of nitrogens with zero attached hydrogens (tertiary/aromatic N) is 2. The molecule has 0 amide bonds. The molecule has 0 radical (unpaired) electrons. The summed E-state index contributed by atoms with van der Waals surface area (Å²) in [5.41, 5.74) is 1.74. The number of aromatic nitrogens is 2. The van der Waals surface area contributed by atoms with E-state index in [2.05, 4.69) is 15.3 Å². The first-order chi connectivity index (χ1) is 12.5. The van der Waals surface area contributed by atoms with E-state index in [-0.39, 0.29) is 18.6 Å². The van der Waals surface area contributed by atoms with E-state index in [0.29, 0.717) is 23.1 Å². The molecule has 3 aromatic rings. The summed E-state index contributed by atoms with van der Waals surface area (Å²) in [6.45, 7) is 5.69. The molecule has 136 valence electrons. The maximum atomic E-state index is 12.2. The largest absolute Gasteiger partial charge is 0.462 e. The monoisotopic (exact) mass is 371 g/mol. The van der Waals surface area contributed by atoms with Crippen molar-refractivity contribution in [1.29, 1.82) is 0 Å². The number of nitrogens with one attached hydrogen (secondary N) is 1. The van der Waals surface area contributed by atoms with Gasteiger partial charge in [0.05, 0.1) is 24.6 Å². The van der Waals surface area contributed by atoms with Crippen molar-refractivity contribution in [2.24, 2.45) is 0 Å². The summed E-state index contributed by atoms with van der Waals surface area (Å²) in [5, 5.41) is 13.9. The van der Waals surface area contributed by atoms with Crippen molar-refractivity contribution < 1.29 is 14.6 Å². The fourth-order valence-electron chi connectivity index (χ4n) is 2.83. The summed E-state index contributed by atoms with van der Waals surface area (Å²) >= 11 is 1.30. The van der Waals surface area contributed by atoms with Gasteiger partial charge in [-0.2, -0.15) is 0 Å². The molecule has 0 bridgehead atoms. The lowest BCUT2D eigenvalue weighted by Crippen LogP contribution is -2.16. The maximum Gasteiger partial charge on any atom is 0.348 e. The van der Waals surface area contributed by atoms with E-state index in [0.717, 1.165) is 21.3 Å². The van der Waals surface area contributed by atoms with Crippen LogP contribution in [-0.2, 0) is 4.74 Å². The summed E-state index contributed by atoms with van der Waals surface area (Å²) in [6.07, 6.45) is 0. The van der Waals surface area contributed by atoms with E-state index in [1.165, 1.54) is 11.3 Å². The van der Waals surface area contributed by atoms with E-state index in [1.807, 2.05) is 37.3 Å². The molecule has 2 N–H and O–H groups in total. The van der Waals surface area contributed by atoms with Gasteiger partial charge >= 0.3 is 5.97 Å². The Hall–Kier alpha value is -2.51. The molecule has 0 aliphatic rings. The van der Waals surface area contributed by atoms with Crippen molar-refractivity contribution >= 4 is 33.3 Å². The molecule has 1 aromatic carbocycles. The van der Waals surface area contributed by atoms with E-state index < -0.39 is 0 Å². The highest BCUT2D eigenvalue weighted by atomic mass is 32.1. The molecule has 0 spiro atoms. The number of hydrogen-bond acceptors (Lipinski definition) is 7. The highest BCUT2D eigenvalue weighted by molar-refractivity contribution is 7.20. The van der Waals surface area contributed by atoms with Crippen LogP contribution in [-0.4, -0.2) is 34.3 Å². The molecule has 7 heteroatoms. The molecule has 26 heavy (non-hydrogen) atoms. The smallest absolute Gasteiger partial charge is 0.348 e. The van der Waals surface area contributed by atoms with Crippen molar-refractivity contribution in [3.8, 4) is 0 Å². The number of rotatable bonds is 6. The van der Waals surface area contributed by atoms with Gasteiger partial charge in [0.1, 0.15) is 21.3 Å². The van der Waals surface area contributed by atoms with Crippen molar-refractivity contribution in [1.82, 2.24) is 9.97 Å². The van der Waals surface area contributed by atoms with Crippen LogP contribution < -0.4 is 5.32 Å². The second kappa shape index (κ2) is 7.80. The lowest BCUT2D eigenvalue weighted by atomic mass is 10.1. The maximum absolute atomic E-state index is 12.2. The van der Waals surface area contributed by atoms with E-state index in [9.17, 15) is 9.90 Å². The van der Waals surface area contributed by atoms with Crippen LogP contribution in [0.1, 0.15) is 39.6 Å². The minimum atomic E-state index is -0.349. The quantitative estimate of drug-likeness (QED) is 0.644. The Balaban J connectivity index is 2.06. The summed E-state index contributed by atoms with van der Waals surface area (Å²) in [4.78, 5) is 22.4. The third-order valence-corrected chi connectivity index (χ3v) is 5.22. The standard InChI is InChI=1S/C19H21N3O3S/c1-4-25-19(24)16-11(2)15-17(20-12(3)21-18(15)26-16)22-14(10-23)13-8-6-5-7-9-13/h5-9,14,23H,4,10H2,1-3H3,(H,20,21,22). The van der Waals surface area contributed by atoms with Crippen LogP contribution in [0.2, 0.25) is 0 Å². The average Bonchev–Trinajstić information content (AvgIpc) is 2.97. The van der Waals surface area contributed by atoms with Gasteiger partial charge < -0.3 is 15.2 Å². The van der Waals surface area contributed by atoms with Gasteiger partial charge in [0, 0.05) is 0 Å². The summed E-state index contributed by atoms with van der Waals surface area (Å²) < 4.78 is 5.14. The first-order valence-corrected chi connectivity index (χ1v) is 9.24. The number of aliphatic hydroxyl groups is 1. The van der Waals surface area contributed by atoms with Gasteiger partial charge in [0.2, 0.25) is 0 Å². The van der Waals surface area contributed by atoms with Crippen molar-refractivity contribution in [2.45, 2.75) is 26.8 Å². The number of ether oxygens (including phenoxy) is 1. The first kappa shape index (κ1) is 18.3. The Morgan fingerprint density at radius 1 is 1.27 bits per heavy atom. The van der Waals surface area contributed by atoms with Crippen LogP contribution in [0.4, 0.5) is 5.82 Å². The number of carbonyl (C=O) groups excluding carboxylic acids is 1. The van der Waals surface area contributed by atoms with Crippen molar-refractivity contribution in [2.75, 3.05) is 18.5 Å². The van der Waals surface area contributed by atoms with Gasteiger partial charge in [-0.25, -0.2) is 14.8 Å². The van der Waals surface area contributed by atoms with Crippen molar-refractivity contribution in [3.63, 3.8) is 0 Å². The van der Waals surface area contributed by atoms with E-state index >= 15 is 0 Å². The zero-order valence-corrected chi connectivity index (χ0v) is 15.8. The molecule has 0 saturated heterocycles. The molecule has 2 heterocycles. The van der Waals surface area contributed by atoms with Gasteiger partial charge in [0.25, 0.3) is 0 Å². The van der Waals surface area contributed by atoms with E-state index in [4.69, 9.17) is 4.74 Å². The SMILES string of the molecule is CCOC(=O)c1sc2nc(C)nc(NC(CO)c3ccccc3)c2c1C. The molecule has 2 aromatic heterocycles. The molecular weight excluding hydrogens is 350 g/mol. The van der Waals surface area contributed by atoms with Crippen LogP contribution in [0, 0.1) is 13.8 Å². The lowest BCUT2D eigenvalue weighted by Gasteiger charge is -2.18. The minimum absolute atomic E-state index is 0.0809. The molecular formula is C19H21N3O3S. The molecule has 0 fully saturated rings. The zero-order chi connectivity index (χ0) is 18.7. The summed E-state index contributed by atoms with van der Waals surface area (Å²) in [6, 6.07) is 9.37. The van der Waals surface area contributed by atoms with Crippen molar-refractivity contribution in [3.05, 3.63) is 52.2 Å². The molecule has 0 saturated carbocycles. The zero-order valence-electron chi connectivity index (χ0n) is 14.9. The Morgan fingerprint density at radius 2 is 2.00 bits per heavy atom. The number of anilines is 1. The second-order valence-corrected chi connectivity index (χ2v) is 6.87. The number of esters is 1. The Kier molecular flexibility index (Phi) is 5.49. The second-order valence-electron chi connectivity index (χ2n) is 5.87. The molecule has 0 aliphatic carbocycles. The van der Waals surface area contributed by atoms with Crippen LogP contribution in [0.3, 0.4) is 0 Å². The molecule has 3 rings (SSSR count). The van der Waals surface area contributed by atoms with E-state index in [1.54, 1.807) is 13.8 Å². The van der Waals surface area contributed by atoms with Crippen LogP contribution in [0.25, 0.3) is 10.2 Å². The van der Waals surface area contributed by atoms with Gasteiger partial charge in [-0.1, -0.05) is 30.3 Å². The number of aryl methyl sites for hydroxylation is 2. The summed E-state index contributed by atoms with van der Waals surface area (Å²) in [7, 11) is 0. The number of fused-ring (bicyclic) bond motifs is 1. The number of benzene rings is 1. The van der Waals surface area contributed by atoms with Crippen LogP contribution >= 0.6 is 11.3 Å². The normalized spacial score (nSPS) is 12.2. The summed E-state index contributed by atoms with van der Waals surface area (Å²) in [5.74, 6) is 0.861. The molecule has 1 atom stereocenters. The van der Waals surface area contributed by atoms with Crippen LogP contribution in [0.5, 0.6) is 0 Å². The van der Waals surface area contributed by atoms with Crippen LogP contribution in [0.15, 0.2) is 30.3 Å². The average molecular weight is 371 g/mol. The molecule has 0 aliphatic heterocycles. The third kappa shape index (κ3) is 3.54. The van der Waals surface area contributed by atoms with Gasteiger partial charge in [-0.05, 0) is 31.9 Å². The number of aliphatic hydroxyl groups excluding tert-OH is 1. The highest BCUT2D eigenvalue weighted by Gasteiger charge is 2.22. The minimum Gasteiger partial charge on any atom is -0.462 e. The van der Waals surface area contributed by atoms with Gasteiger partial charge in [-0.3, -0.25) is 0 Å². The Labute approximate surface area is 155 Å². The lowest BCUT2D eigenvalue weighted by molar-refractivity contribution is 0.0531. The third-order valence-electron chi connectivity index (χ3n) is 4.06. The fourth-order valence-corrected chi connectivity index (χ4v) is 3.95. The highest BCUT2D eigenvalue weighted by Crippen LogP contribution is 2.35. The number of carbonyl (C=O) groups is 1. The van der Waals surface area contributed by atoms with Gasteiger partial charge in [-0.15, -0.1) is 11.3 Å².